The van der Waals surface area contributed by atoms with Gasteiger partial charge in [-0.1, -0.05) is 39.0 Å². The molecule has 1 atom stereocenters. The van der Waals surface area contributed by atoms with Crippen LogP contribution in [0, 0.1) is 12.3 Å². The Balaban J connectivity index is 1.82. The third-order valence-electron chi connectivity index (χ3n) is 4.26. The van der Waals surface area contributed by atoms with Crippen LogP contribution in [0.3, 0.4) is 0 Å². The van der Waals surface area contributed by atoms with E-state index in [-0.39, 0.29) is 5.41 Å². The van der Waals surface area contributed by atoms with E-state index < -0.39 is 6.10 Å². The number of anilines is 2. The second-order valence-electron chi connectivity index (χ2n) is 7.49. The van der Waals surface area contributed by atoms with Crippen molar-refractivity contribution >= 4 is 11.6 Å². The summed E-state index contributed by atoms with van der Waals surface area (Å²) < 4.78 is 0. The first-order chi connectivity index (χ1) is 12.3. The van der Waals surface area contributed by atoms with Gasteiger partial charge in [0.15, 0.2) is 0 Å². The standard InChI is InChI=1S/C20H25N5O/c1-13-18(25-17(22-13)12-16(26)20(2,3)4)15-10-11-21-19(24-15)23-14-8-6-5-7-9-14/h5-11,16,26H,12H2,1-4H3,(H,22,25)(H,21,23,24). The van der Waals surface area contributed by atoms with Crippen LogP contribution < -0.4 is 5.32 Å². The van der Waals surface area contributed by atoms with E-state index in [1.165, 1.54) is 0 Å². The van der Waals surface area contributed by atoms with Crippen LogP contribution in [0.4, 0.5) is 11.6 Å². The number of nitrogens with one attached hydrogen (secondary N) is 2. The van der Waals surface area contributed by atoms with Crippen molar-refractivity contribution in [2.45, 2.75) is 40.2 Å². The van der Waals surface area contributed by atoms with Gasteiger partial charge in [-0.25, -0.2) is 15.0 Å². The molecule has 0 spiro atoms. The number of imidazole rings is 1. The Labute approximate surface area is 153 Å². The number of hydrogen-bond acceptors (Lipinski definition) is 5. The minimum absolute atomic E-state index is 0.192. The van der Waals surface area contributed by atoms with Crippen LogP contribution >= 0.6 is 0 Å². The van der Waals surface area contributed by atoms with Crippen LogP contribution in [-0.4, -0.2) is 31.1 Å². The molecule has 6 heteroatoms. The molecule has 0 saturated heterocycles. The smallest absolute Gasteiger partial charge is 0.227 e. The zero-order valence-corrected chi connectivity index (χ0v) is 15.6. The lowest BCUT2D eigenvalue weighted by Crippen LogP contribution is -2.28. The van der Waals surface area contributed by atoms with Gasteiger partial charge in [0.05, 0.1) is 23.2 Å². The second-order valence-corrected chi connectivity index (χ2v) is 7.49. The molecule has 136 valence electrons. The number of aromatic amines is 1. The Bertz CT molecular complexity index is 867. The average molecular weight is 351 g/mol. The summed E-state index contributed by atoms with van der Waals surface area (Å²) in [4.78, 5) is 16.7. The molecule has 3 aromatic rings. The second kappa shape index (κ2) is 7.25. The van der Waals surface area contributed by atoms with Crippen molar-refractivity contribution < 1.29 is 5.11 Å². The van der Waals surface area contributed by atoms with E-state index in [1.54, 1.807) is 6.20 Å². The van der Waals surface area contributed by atoms with Gasteiger partial charge in [0.1, 0.15) is 5.82 Å². The number of benzene rings is 1. The molecule has 3 N–H and O–H groups in total. The molecule has 0 aliphatic heterocycles. The van der Waals surface area contributed by atoms with E-state index in [9.17, 15) is 5.11 Å². The summed E-state index contributed by atoms with van der Waals surface area (Å²) in [7, 11) is 0. The number of aryl methyl sites for hydroxylation is 1. The third-order valence-corrected chi connectivity index (χ3v) is 4.26. The molecule has 1 aromatic carbocycles. The minimum Gasteiger partial charge on any atom is -0.392 e. The fraction of sp³-hybridized carbons (Fsp3) is 0.350. The number of hydrogen-bond donors (Lipinski definition) is 3. The first kappa shape index (κ1) is 18.1. The highest BCUT2D eigenvalue weighted by Gasteiger charge is 2.24. The number of aliphatic hydroxyl groups excluding tert-OH is 1. The molecule has 2 heterocycles. The fourth-order valence-corrected chi connectivity index (χ4v) is 2.57. The van der Waals surface area contributed by atoms with Gasteiger partial charge in [-0.05, 0) is 30.5 Å². The van der Waals surface area contributed by atoms with E-state index in [1.807, 2.05) is 64.1 Å². The van der Waals surface area contributed by atoms with Crippen molar-refractivity contribution in [3.05, 3.63) is 54.1 Å². The fourth-order valence-electron chi connectivity index (χ4n) is 2.57. The maximum absolute atomic E-state index is 10.3. The van der Waals surface area contributed by atoms with E-state index in [0.29, 0.717) is 12.4 Å². The van der Waals surface area contributed by atoms with Gasteiger partial charge in [-0.2, -0.15) is 0 Å². The van der Waals surface area contributed by atoms with Gasteiger partial charge >= 0.3 is 0 Å². The summed E-state index contributed by atoms with van der Waals surface area (Å²) in [6.45, 7) is 7.98. The van der Waals surface area contributed by atoms with Crippen molar-refractivity contribution in [1.82, 2.24) is 19.9 Å². The zero-order valence-electron chi connectivity index (χ0n) is 15.6. The molecule has 0 radical (unpaired) electrons. The first-order valence-corrected chi connectivity index (χ1v) is 8.72. The minimum atomic E-state index is -0.471. The number of rotatable bonds is 5. The van der Waals surface area contributed by atoms with E-state index in [2.05, 4.69) is 25.3 Å². The lowest BCUT2D eigenvalue weighted by molar-refractivity contribution is 0.0620. The van der Waals surface area contributed by atoms with Gasteiger partial charge in [-0.3, -0.25) is 0 Å². The zero-order chi connectivity index (χ0) is 18.7. The molecular weight excluding hydrogens is 326 g/mol. The average Bonchev–Trinajstić information content (AvgIpc) is 2.95. The maximum Gasteiger partial charge on any atom is 0.227 e. The summed E-state index contributed by atoms with van der Waals surface area (Å²) in [5.74, 6) is 1.29. The topological polar surface area (TPSA) is 86.7 Å². The molecule has 6 nitrogen and oxygen atoms in total. The first-order valence-electron chi connectivity index (χ1n) is 8.72. The summed E-state index contributed by atoms with van der Waals surface area (Å²) >= 11 is 0. The monoisotopic (exact) mass is 351 g/mol. The largest absolute Gasteiger partial charge is 0.392 e. The Morgan fingerprint density at radius 1 is 1.12 bits per heavy atom. The Morgan fingerprint density at radius 2 is 1.85 bits per heavy atom. The molecule has 0 bridgehead atoms. The SMILES string of the molecule is Cc1nc(CC(O)C(C)(C)C)[nH]c1-c1ccnc(Nc2ccccc2)n1. The molecule has 26 heavy (non-hydrogen) atoms. The Morgan fingerprint density at radius 3 is 2.54 bits per heavy atom. The van der Waals surface area contributed by atoms with Crippen LogP contribution in [0.2, 0.25) is 0 Å². The number of H-pyrrole nitrogens is 1. The van der Waals surface area contributed by atoms with Gasteiger partial charge in [0.2, 0.25) is 5.95 Å². The molecule has 0 fully saturated rings. The number of para-hydroxylation sites is 1. The summed E-state index contributed by atoms with van der Waals surface area (Å²) in [5.41, 5.74) is 3.20. The lowest BCUT2D eigenvalue weighted by Gasteiger charge is -2.24. The van der Waals surface area contributed by atoms with Crippen LogP contribution in [0.1, 0.15) is 32.3 Å². The molecule has 0 amide bonds. The summed E-state index contributed by atoms with van der Waals surface area (Å²) in [5, 5.41) is 13.5. The predicted octanol–water partition coefficient (Wildman–Crippen LogP) is 3.87. The number of aliphatic hydroxyl groups is 1. The molecule has 3 rings (SSSR count). The highest BCUT2D eigenvalue weighted by molar-refractivity contribution is 5.60. The van der Waals surface area contributed by atoms with Crippen LogP contribution in [0.15, 0.2) is 42.6 Å². The van der Waals surface area contributed by atoms with E-state index in [0.717, 1.165) is 28.6 Å². The highest BCUT2D eigenvalue weighted by Crippen LogP contribution is 2.25. The van der Waals surface area contributed by atoms with E-state index in [4.69, 9.17) is 0 Å². The normalized spacial score (nSPS) is 12.8. The Hall–Kier alpha value is -2.73. The van der Waals surface area contributed by atoms with Crippen LogP contribution in [-0.2, 0) is 6.42 Å². The molecule has 0 aliphatic rings. The summed E-state index contributed by atoms with van der Waals surface area (Å²) in [6, 6.07) is 11.6. The van der Waals surface area contributed by atoms with Gasteiger partial charge in [-0.15, -0.1) is 0 Å². The van der Waals surface area contributed by atoms with Crippen molar-refractivity contribution in [2.75, 3.05) is 5.32 Å². The van der Waals surface area contributed by atoms with Crippen molar-refractivity contribution in [3.8, 4) is 11.4 Å². The molecular formula is C20H25N5O. The van der Waals surface area contributed by atoms with Gasteiger partial charge in [0.25, 0.3) is 0 Å². The molecule has 0 aliphatic carbocycles. The predicted molar refractivity (Wildman–Crippen MR) is 103 cm³/mol. The molecule has 2 aromatic heterocycles. The number of aromatic nitrogens is 4. The van der Waals surface area contributed by atoms with Crippen LogP contribution in [0.5, 0.6) is 0 Å². The van der Waals surface area contributed by atoms with Gasteiger partial charge < -0.3 is 15.4 Å². The molecule has 0 saturated carbocycles. The third kappa shape index (κ3) is 4.26. The molecule has 1 unspecified atom stereocenters. The Kier molecular flexibility index (Phi) is 5.04. The number of nitrogens with zero attached hydrogens (tertiary/aromatic N) is 3. The highest BCUT2D eigenvalue weighted by atomic mass is 16.3. The van der Waals surface area contributed by atoms with Crippen molar-refractivity contribution in [1.29, 1.82) is 0 Å². The lowest BCUT2D eigenvalue weighted by atomic mass is 9.87. The van der Waals surface area contributed by atoms with Crippen LogP contribution in [0.25, 0.3) is 11.4 Å². The van der Waals surface area contributed by atoms with Crippen molar-refractivity contribution in [3.63, 3.8) is 0 Å². The van der Waals surface area contributed by atoms with Gasteiger partial charge in [0, 0.05) is 18.3 Å². The van der Waals surface area contributed by atoms with E-state index >= 15 is 0 Å². The maximum atomic E-state index is 10.3. The quantitative estimate of drug-likeness (QED) is 0.649. The summed E-state index contributed by atoms with van der Waals surface area (Å²) in [6.07, 6.45) is 1.73. The van der Waals surface area contributed by atoms with Crippen molar-refractivity contribution in [2.24, 2.45) is 5.41 Å².